The van der Waals surface area contributed by atoms with Gasteiger partial charge in [0.2, 0.25) is 0 Å². The van der Waals surface area contributed by atoms with Gasteiger partial charge in [-0.2, -0.15) is 0 Å². The van der Waals surface area contributed by atoms with Gasteiger partial charge in [-0.3, -0.25) is 0 Å². The first-order valence-electron chi connectivity index (χ1n) is 4.34. The Morgan fingerprint density at radius 3 is 2.62 bits per heavy atom. The minimum absolute atomic E-state index is 0.214. The van der Waals surface area contributed by atoms with Gasteiger partial charge >= 0.3 is 0 Å². The first-order chi connectivity index (χ1) is 6.15. The molecule has 3 N–H and O–H groups in total. The average molecular weight is 181 g/mol. The summed E-state index contributed by atoms with van der Waals surface area (Å²) in [5.74, 6) is 0.643. The minimum atomic E-state index is 0.214. The SMILES string of the molecule is CC(C)c1ccc(O)c(CNO)c1. The minimum Gasteiger partial charge on any atom is -0.508 e. The van der Waals surface area contributed by atoms with Gasteiger partial charge < -0.3 is 10.3 Å². The van der Waals surface area contributed by atoms with Crippen LogP contribution >= 0.6 is 0 Å². The highest BCUT2D eigenvalue weighted by Gasteiger charge is 2.04. The first kappa shape index (κ1) is 10.0. The molecule has 1 rings (SSSR count). The molecule has 3 heteroatoms. The molecule has 0 heterocycles. The van der Waals surface area contributed by atoms with E-state index < -0.39 is 0 Å². The summed E-state index contributed by atoms with van der Waals surface area (Å²) >= 11 is 0. The van der Waals surface area contributed by atoms with Gasteiger partial charge in [0.1, 0.15) is 5.75 Å². The monoisotopic (exact) mass is 181 g/mol. The summed E-state index contributed by atoms with van der Waals surface area (Å²) in [6.45, 7) is 4.44. The maximum Gasteiger partial charge on any atom is 0.120 e. The van der Waals surface area contributed by atoms with Crippen LogP contribution < -0.4 is 5.48 Å². The smallest absolute Gasteiger partial charge is 0.120 e. The molecular formula is C10H15NO2. The highest BCUT2D eigenvalue weighted by atomic mass is 16.5. The quantitative estimate of drug-likeness (QED) is 0.625. The molecule has 0 atom stereocenters. The molecule has 0 aliphatic rings. The van der Waals surface area contributed by atoms with Crippen molar-refractivity contribution < 1.29 is 10.3 Å². The second kappa shape index (κ2) is 4.25. The zero-order valence-electron chi connectivity index (χ0n) is 7.91. The predicted molar refractivity (Wildman–Crippen MR) is 50.8 cm³/mol. The lowest BCUT2D eigenvalue weighted by Crippen LogP contribution is -2.06. The van der Waals surface area contributed by atoms with Crippen molar-refractivity contribution in [3.8, 4) is 5.75 Å². The number of benzene rings is 1. The first-order valence-corrected chi connectivity index (χ1v) is 4.34. The van der Waals surface area contributed by atoms with Gasteiger partial charge in [-0.1, -0.05) is 26.0 Å². The number of hydroxylamine groups is 1. The van der Waals surface area contributed by atoms with Crippen molar-refractivity contribution in [1.29, 1.82) is 0 Å². The molecule has 1 aromatic carbocycles. The largest absolute Gasteiger partial charge is 0.508 e. The lowest BCUT2D eigenvalue weighted by molar-refractivity contribution is 0.160. The Labute approximate surface area is 78.0 Å². The lowest BCUT2D eigenvalue weighted by atomic mass is 10.0. The van der Waals surface area contributed by atoms with E-state index in [1.54, 1.807) is 6.07 Å². The number of phenols is 1. The van der Waals surface area contributed by atoms with E-state index in [-0.39, 0.29) is 12.3 Å². The van der Waals surface area contributed by atoms with Crippen molar-refractivity contribution in [2.75, 3.05) is 0 Å². The fourth-order valence-electron chi connectivity index (χ4n) is 1.19. The summed E-state index contributed by atoms with van der Waals surface area (Å²) in [6, 6.07) is 5.44. The molecule has 0 saturated carbocycles. The van der Waals surface area contributed by atoms with Crippen LogP contribution in [0.4, 0.5) is 0 Å². The van der Waals surface area contributed by atoms with E-state index in [0.717, 1.165) is 5.56 Å². The summed E-state index contributed by atoms with van der Waals surface area (Å²) in [5, 5.41) is 17.9. The van der Waals surface area contributed by atoms with Crippen LogP contribution in [0.25, 0.3) is 0 Å². The second-order valence-electron chi connectivity index (χ2n) is 3.38. The number of rotatable bonds is 3. The Balaban J connectivity index is 2.97. The molecule has 0 fully saturated rings. The molecule has 0 saturated heterocycles. The van der Waals surface area contributed by atoms with Crippen LogP contribution in [0.2, 0.25) is 0 Å². The zero-order valence-corrected chi connectivity index (χ0v) is 7.91. The van der Waals surface area contributed by atoms with Gasteiger partial charge in [-0.25, -0.2) is 5.48 Å². The maximum atomic E-state index is 9.40. The van der Waals surface area contributed by atoms with Crippen LogP contribution in [0.5, 0.6) is 5.75 Å². The fourth-order valence-corrected chi connectivity index (χ4v) is 1.19. The van der Waals surface area contributed by atoms with Crippen molar-refractivity contribution in [3.05, 3.63) is 29.3 Å². The molecule has 0 amide bonds. The molecule has 1 aromatic rings. The van der Waals surface area contributed by atoms with E-state index in [1.807, 2.05) is 17.6 Å². The van der Waals surface area contributed by atoms with Crippen molar-refractivity contribution in [2.45, 2.75) is 26.3 Å². The summed E-state index contributed by atoms with van der Waals surface area (Å²) in [6.07, 6.45) is 0. The third-order valence-electron chi connectivity index (χ3n) is 2.04. The van der Waals surface area contributed by atoms with Crippen LogP contribution in [0.1, 0.15) is 30.9 Å². The maximum absolute atomic E-state index is 9.40. The third-order valence-corrected chi connectivity index (χ3v) is 2.04. The Morgan fingerprint density at radius 1 is 1.38 bits per heavy atom. The molecule has 0 bridgehead atoms. The Kier molecular flexibility index (Phi) is 3.28. The molecule has 0 unspecified atom stereocenters. The van der Waals surface area contributed by atoms with Crippen LogP contribution in [-0.4, -0.2) is 10.3 Å². The van der Waals surface area contributed by atoms with Gasteiger partial charge in [0.05, 0.1) is 0 Å². The van der Waals surface area contributed by atoms with Crippen molar-refractivity contribution in [1.82, 2.24) is 5.48 Å². The zero-order chi connectivity index (χ0) is 9.84. The van der Waals surface area contributed by atoms with E-state index in [2.05, 4.69) is 13.8 Å². The van der Waals surface area contributed by atoms with Gasteiger partial charge in [-0.05, 0) is 17.5 Å². The lowest BCUT2D eigenvalue weighted by Gasteiger charge is -2.09. The Morgan fingerprint density at radius 2 is 2.08 bits per heavy atom. The molecule has 3 nitrogen and oxygen atoms in total. The normalized spacial score (nSPS) is 10.8. The van der Waals surface area contributed by atoms with Crippen molar-refractivity contribution in [3.63, 3.8) is 0 Å². The molecule has 0 aliphatic heterocycles. The highest BCUT2D eigenvalue weighted by molar-refractivity contribution is 5.37. The van der Waals surface area contributed by atoms with Gasteiger partial charge in [0.25, 0.3) is 0 Å². The summed E-state index contributed by atoms with van der Waals surface area (Å²) in [4.78, 5) is 0. The highest BCUT2D eigenvalue weighted by Crippen LogP contribution is 2.22. The van der Waals surface area contributed by atoms with Crippen molar-refractivity contribution >= 4 is 0 Å². The molecule has 0 radical (unpaired) electrons. The molecular weight excluding hydrogens is 166 g/mol. The topological polar surface area (TPSA) is 52.5 Å². The number of nitrogens with one attached hydrogen (secondary N) is 1. The number of aromatic hydroxyl groups is 1. The van der Waals surface area contributed by atoms with E-state index in [9.17, 15) is 5.11 Å². The molecule has 72 valence electrons. The third kappa shape index (κ3) is 2.44. The van der Waals surface area contributed by atoms with E-state index in [0.29, 0.717) is 11.5 Å². The second-order valence-corrected chi connectivity index (χ2v) is 3.38. The molecule has 0 aromatic heterocycles. The Hall–Kier alpha value is -1.06. The van der Waals surface area contributed by atoms with E-state index in [1.165, 1.54) is 0 Å². The van der Waals surface area contributed by atoms with Crippen LogP contribution in [0, 0.1) is 0 Å². The average Bonchev–Trinajstić information content (AvgIpc) is 2.08. The summed E-state index contributed by atoms with van der Waals surface area (Å²) in [5.41, 5.74) is 3.90. The molecule has 13 heavy (non-hydrogen) atoms. The van der Waals surface area contributed by atoms with Crippen molar-refractivity contribution in [2.24, 2.45) is 0 Å². The fraction of sp³-hybridized carbons (Fsp3) is 0.400. The number of hydrogen-bond acceptors (Lipinski definition) is 3. The number of hydrogen-bond donors (Lipinski definition) is 3. The predicted octanol–water partition coefficient (Wildman–Crippen LogP) is 1.99. The van der Waals surface area contributed by atoms with Gasteiger partial charge in [-0.15, -0.1) is 0 Å². The van der Waals surface area contributed by atoms with Crippen LogP contribution in [0.15, 0.2) is 18.2 Å². The van der Waals surface area contributed by atoms with E-state index >= 15 is 0 Å². The van der Waals surface area contributed by atoms with E-state index in [4.69, 9.17) is 5.21 Å². The summed E-state index contributed by atoms with van der Waals surface area (Å²) in [7, 11) is 0. The Bertz CT molecular complexity index is 284. The molecule has 0 spiro atoms. The van der Waals surface area contributed by atoms with Crippen LogP contribution in [-0.2, 0) is 6.54 Å². The van der Waals surface area contributed by atoms with Gasteiger partial charge in [0, 0.05) is 12.1 Å². The molecule has 0 aliphatic carbocycles. The number of phenolic OH excluding ortho intramolecular Hbond substituents is 1. The summed E-state index contributed by atoms with van der Waals surface area (Å²) < 4.78 is 0. The standard InChI is InChI=1S/C10H15NO2/c1-7(2)8-3-4-10(12)9(5-8)6-11-13/h3-5,7,11-13H,6H2,1-2H3. The van der Waals surface area contributed by atoms with Crippen LogP contribution in [0.3, 0.4) is 0 Å². The van der Waals surface area contributed by atoms with Gasteiger partial charge in [0.15, 0.2) is 0 Å².